The summed E-state index contributed by atoms with van der Waals surface area (Å²) in [6.07, 6.45) is -0.763. The van der Waals surface area contributed by atoms with Crippen LogP contribution in [-0.4, -0.2) is 93.4 Å². The molecule has 10 heteroatoms. The molecule has 3 aliphatic heterocycles. The van der Waals surface area contributed by atoms with Crippen LogP contribution < -0.4 is 5.73 Å². The second kappa shape index (κ2) is 7.18. The average Bonchev–Trinajstić information content (AvgIpc) is 2.89. The third-order valence-electron chi connectivity index (χ3n) is 5.27. The summed E-state index contributed by atoms with van der Waals surface area (Å²) < 4.78 is 0. The number of carbonyl (C=O) groups excluding carboxylic acids is 2. The van der Waals surface area contributed by atoms with Crippen LogP contribution in [0.25, 0.3) is 0 Å². The summed E-state index contributed by atoms with van der Waals surface area (Å²) >= 11 is 1.32. The molecule has 9 nitrogen and oxygen atoms in total. The summed E-state index contributed by atoms with van der Waals surface area (Å²) in [5.41, 5.74) is 6.19. The third kappa shape index (κ3) is 3.22. The molecule has 0 aliphatic carbocycles. The standard InChI is InChI=1S/C16H24N4O5S/c1-8(21)13-9-5-10(14(16(24)25)20(9)15(13)23)26-7-11(17)19-4-3-18(2)12(22)6-19/h8-9,11,13,21H,3-7,17H2,1-2H3,(H,24,25)/t8-,9-,11?,13-/m1/s1. The molecule has 0 aromatic carbocycles. The second-order valence-corrected chi connectivity index (χ2v) is 8.10. The van der Waals surface area contributed by atoms with Gasteiger partial charge in [-0.15, -0.1) is 11.8 Å². The number of nitrogens with two attached hydrogens (primary N) is 1. The van der Waals surface area contributed by atoms with Crippen LogP contribution in [0.15, 0.2) is 10.6 Å². The first-order valence-electron chi connectivity index (χ1n) is 8.56. The maximum atomic E-state index is 12.2. The van der Waals surface area contributed by atoms with E-state index in [1.165, 1.54) is 16.7 Å². The Hall–Kier alpha value is -1.62. The molecule has 26 heavy (non-hydrogen) atoms. The maximum Gasteiger partial charge on any atom is 0.353 e. The van der Waals surface area contributed by atoms with Crippen LogP contribution >= 0.6 is 11.8 Å². The molecule has 0 aromatic heterocycles. The van der Waals surface area contributed by atoms with Gasteiger partial charge in [-0.2, -0.15) is 0 Å². The molecule has 144 valence electrons. The number of likely N-dealkylation sites (N-methyl/N-ethyl adjacent to an activating group) is 1. The lowest BCUT2D eigenvalue weighted by Gasteiger charge is -2.44. The summed E-state index contributed by atoms with van der Waals surface area (Å²) in [4.78, 5) is 41.0. The number of nitrogens with zero attached hydrogens (tertiary/aromatic N) is 3. The molecular weight excluding hydrogens is 360 g/mol. The van der Waals surface area contributed by atoms with E-state index in [9.17, 15) is 24.6 Å². The number of amides is 2. The van der Waals surface area contributed by atoms with Crippen LogP contribution in [0.3, 0.4) is 0 Å². The van der Waals surface area contributed by atoms with Crippen molar-refractivity contribution in [3.8, 4) is 0 Å². The normalized spacial score (nSPS) is 28.9. The molecule has 2 fully saturated rings. The van der Waals surface area contributed by atoms with Crippen molar-refractivity contribution in [2.75, 3.05) is 32.4 Å². The Labute approximate surface area is 155 Å². The van der Waals surface area contributed by atoms with Crippen molar-refractivity contribution in [3.05, 3.63) is 10.6 Å². The number of piperazine rings is 1. The number of hydrogen-bond donors (Lipinski definition) is 3. The number of carboxylic acids is 1. The fourth-order valence-corrected chi connectivity index (χ4v) is 4.90. The highest BCUT2D eigenvalue weighted by Gasteiger charge is 2.56. The zero-order chi connectivity index (χ0) is 19.2. The van der Waals surface area contributed by atoms with E-state index >= 15 is 0 Å². The quantitative estimate of drug-likeness (QED) is 0.482. The van der Waals surface area contributed by atoms with Gasteiger partial charge in [-0.25, -0.2) is 4.79 Å². The predicted molar refractivity (Wildman–Crippen MR) is 94.7 cm³/mol. The molecule has 4 N–H and O–H groups in total. The number of aliphatic hydroxyl groups is 1. The first kappa shape index (κ1) is 19.2. The van der Waals surface area contributed by atoms with Gasteiger partial charge in [0.05, 0.1) is 30.8 Å². The Balaban J connectivity index is 1.65. The van der Waals surface area contributed by atoms with Crippen LogP contribution in [0.2, 0.25) is 0 Å². The monoisotopic (exact) mass is 384 g/mol. The van der Waals surface area contributed by atoms with Crippen LogP contribution in [0.1, 0.15) is 13.3 Å². The lowest BCUT2D eigenvalue weighted by molar-refractivity contribution is -0.161. The van der Waals surface area contributed by atoms with Gasteiger partial charge in [0.2, 0.25) is 11.8 Å². The van der Waals surface area contributed by atoms with Crippen molar-refractivity contribution in [2.24, 2.45) is 11.7 Å². The minimum absolute atomic E-state index is 0.00329. The smallest absolute Gasteiger partial charge is 0.353 e. The number of thioether (sulfide) groups is 1. The number of hydrogen-bond acceptors (Lipinski definition) is 7. The SMILES string of the molecule is C[C@@H](O)[C@H]1C(=O)N2C(C(=O)O)=C(SCC(N)N3CCN(C)C(=O)C3)C[C@H]12. The van der Waals surface area contributed by atoms with Crippen LogP contribution in [0, 0.1) is 5.92 Å². The molecule has 3 rings (SSSR count). The molecule has 3 aliphatic rings. The van der Waals surface area contributed by atoms with Crippen molar-refractivity contribution in [2.45, 2.75) is 31.7 Å². The first-order chi connectivity index (χ1) is 12.2. The molecular formula is C16H24N4O5S. The molecule has 0 radical (unpaired) electrons. The summed E-state index contributed by atoms with van der Waals surface area (Å²) in [5, 5.41) is 19.3. The number of β-lactam (4-membered cyclic amide) rings is 1. The van der Waals surface area contributed by atoms with Crippen molar-refractivity contribution >= 4 is 29.5 Å². The first-order valence-corrected chi connectivity index (χ1v) is 9.55. The number of carboxylic acid groups (broad SMARTS) is 1. The summed E-state index contributed by atoms with van der Waals surface area (Å²) in [6.45, 7) is 3.08. The van der Waals surface area contributed by atoms with E-state index in [0.717, 1.165) is 0 Å². The van der Waals surface area contributed by atoms with Crippen LogP contribution in [0.4, 0.5) is 0 Å². The number of fused-ring (bicyclic) bond motifs is 1. The maximum absolute atomic E-state index is 12.2. The molecule has 2 saturated heterocycles. The van der Waals surface area contributed by atoms with E-state index in [-0.39, 0.29) is 36.3 Å². The van der Waals surface area contributed by atoms with E-state index in [1.807, 2.05) is 4.90 Å². The van der Waals surface area contributed by atoms with Gasteiger partial charge in [-0.05, 0) is 6.92 Å². The zero-order valence-electron chi connectivity index (χ0n) is 14.8. The number of aliphatic carboxylic acids is 1. The van der Waals surface area contributed by atoms with Gasteiger partial charge in [0.15, 0.2) is 0 Å². The van der Waals surface area contributed by atoms with Crippen LogP contribution in [0.5, 0.6) is 0 Å². The molecule has 0 spiro atoms. The Bertz CT molecular complexity index is 667. The fourth-order valence-electron chi connectivity index (χ4n) is 3.71. The Kier molecular flexibility index (Phi) is 5.29. The topological polar surface area (TPSA) is 127 Å². The van der Waals surface area contributed by atoms with Gasteiger partial charge < -0.3 is 25.7 Å². The molecule has 2 amide bonds. The van der Waals surface area contributed by atoms with Crippen molar-refractivity contribution in [1.29, 1.82) is 0 Å². The number of carbonyl (C=O) groups is 3. The molecule has 3 heterocycles. The highest BCUT2D eigenvalue weighted by atomic mass is 32.2. The van der Waals surface area contributed by atoms with Gasteiger partial charge in [0.1, 0.15) is 5.70 Å². The van der Waals surface area contributed by atoms with E-state index in [4.69, 9.17) is 5.73 Å². The lowest BCUT2D eigenvalue weighted by Crippen LogP contribution is -2.61. The minimum Gasteiger partial charge on any atom is -0.477 e. The lowest BCUT2D eigenvalue weighted by atomic mass is 9.83. The molecule has 0 bridgehead atoms. The van der Waals surface area contributed by atoms with Gasteiger partial charge in [0.25, 0.3) is 0 Å². The molecule has 1 unspecified atom stereocenters. The van der Waals surface area contributed by atoms with Gasteiger partial charge in [-0.1, -0.05) is 0 Å². The largest absolute Gasteiger partial charge is 0.477 e. The Morgan fingerprint density at radius 3 is 2.65 bits per heavy atom. The van der Waals surface area contributed by atoms with Crippen LogP contribution in [-0.2, 0) is 14.4 Å². The van der Waals surface area contributed by atoms with Crippen molar-refractivity contribution < 1.29 is 24.6 Å². The Morgan fingerprint density at radius 2 is 2.08 bits per heavy atom. The van der Waals surface area contributed by atoms with E-state index in [0.29, 0.717) is 30.2 Å². The predicted octanol–water partition coefficient (Wildman–Crippen LogP) is -1.31. The Morgan fingerprint density at radius 1 is 1.38 bits per heavy atom. The van der Waals surface area contributed by atoms with Gasteiger partial charge in [-0.3, -0.25) is 14.5 Å². The summed E-state index contributed by atoms with van der Waals surface area (Å²) in [6, 6.07) is -0.294. The van der Waals surface area contributed by atoms with E-state index in [2.05, 4.69) is 0 Å². The van der Waals surface area contributed by atoms with Crippen molar-refractivity contribution in [1.82, 2.24) is 14.7 Å². The second-order valence-electron chi connectivity index (χ2n) is 6.99. The van der Waals surface area contributed by atoms with Gasteiger partial charge >= 0.3 is 5.97 Å². The zero-order valence-corrected chi connectivity index (χ0v) is 15.6. The van der Waals surface area contributed by atoms with E-state index in [1.54, 1.807) is 18.9 Å². The summed E-state index contributed by atoms with van der Waals surface area (Å²) in [7, 11) is 1.75. The highest BCUT2D eigenvalue weighted by molar-refractivity contribution is 8.03. The minimum atomic E-state index is -1.14. The number of rotatable bonds is 6. The number of aliphatic hydroxyl groups excluding tert-OH is 1. The van der Waals surface area contributed by atoms with E-state index < -0.39 is 18.0 Å². The highest BCUT2D eigenvalue weighted by Crippen LogP contribution is 2.47. The summed E-state index contributed by atoms with van der Waals surface area (Å²) in [5.74, 6) is -1.59. The fraction of sp³-hybridized carbons (Fsp3) is 0.688. The average molecular weight is 384 g/mol. The molecule has 4 atom stereocenters. The van der Waals surface area contributed by atoms with Gasteiger partial charge in [0, 0.05) is 37.2 Å². The molecule has 0 aromatic rings. The third-order valence-corrected chi connectivity index (χ3v) is 6.49. The molecule has 0 saturated carbocycles. The van der Waals surface area contributed by atoms with Crippen molar-refractivity contribution in [3.63, 3.8) is 0 Å².